The van der Waals surface area contributed by atoms with Crippen LogP contribution in [0.5, 0.6) is 0 Å². The van der Waals surface area contributed by atoms with Gasteiger partial charge < -0.3 is 10.2 Å². The summed E-state index contributed by atoms with van der Waals surface area (Å²) in [6.45, 7) is 6.02. The molecule has 0 radical (unpaired) electrons. The molecule has 0 aromatic carbocycles. The average Bonchev–Trinajstić information content (AvgIpc) is 3.25. The van der Waals surface area contributed by atoms with E-state index in [9.17, 15) is 13.2 Å². The van der Waals surface area contributed by atoms with Crippen LogP contribution in [0.1, 0.15) is 19.4 Å². The molecule has 0 saturated carbocycles. The van der Waals surface area contributed by atoms with Crippen LogP contribution in [0, 0.1) is 0 Å². The minimum atomic E-state index is -4.20. The van der Waals surface area contributed by atoms with Crippen LogP contribution in [0.2, 0.25) is 0 Å². The number of guanidine groups is 1. The molecule has 7 nitrogen and oxygen atoms in total. The van der Waals surface area contributed by atoms with Crippen molar-refractivity contribution < 1.29 is 13.2 Å². The predicted octanol–water partition coefficient (Wildman–Crippen LogP) is 2.30. The van der Waals surface area contributed by atoms with Crippen LogP contribution in [-0.2, 0) is 6.54 Å². The van der Waals surface area contributed by atoms with Gasteiger partial charge in [-0.15, -0.1) is 0 Å². The van der Waals surface area contributed by atoms with E-state index in [1.807, 2.05) is 36.2 Å². The quantitative estimate of drug-likeness (QED) is 0.607. The second kappa shape index (κ2) is 9.25. The standard InChI is InChI=1S/C19H26F3N7/c1-3-23-18(28-11-9-27(10-12-28)15(2)19(20,21)22)25-14-16-5-7-24-17(13-16)29-8-4-6-26-29/h4-8,13,15H,3,9-12,14H2,1-2H3,(H,23,25). The Bertz CT molecular complexity index is 796. The van der Waals surface area contributed by atoms with Gasteiger partial charge in [0, 0.05) is 51.3 Å². The third-order valence-electron chi connectivity index (χ3n) is 4.93. The van der Waals surface area contributed by atoms with Crippen LogP contribution in [0.3, 0.4) is 0 Å². The van der Waals surface area contributed by atoms with E-state index in [4.69, 9.17) is 0 Å². The van der Waals surface area contributed by atoms with Crippen molar-refractivity contribution in [2.45, 2.75) is 32.6 Å². The Morgan fingerprint density at radius 2 is 2.00 bits per heavy atom. The average molecular weight is 409 g/mol. The minimum absolute atomic E-state index is 0.351. The summed E-state index contributed by atoms with van der Waals surface area (Å²) in [4.78, 5) is 12.5. The van der Waals surface area contributed by atoms with Gasteiger partial charge in [0.1, 0.15) is 6.04 Å². The zero-order valence-electron chi connectivity index (χ0n) is 16.6. The summed E-state index contributed by atoms with van der Waals surface area (Å²) in [5.41, 5.74) is 0.977. The molecule has 1 unspecified atom stereocenters. The molecule has 158 valence electrons. The Labute approximate surface area is 168 Å². The second-order valence-electron chi connectivity index (χ2n) is 6.88. The lowest BCUT2D eigenvalue weighted by Crippen LogP contribution is -2.56. The fourth-order valence-electron chi connectivity index (χ4n) is 3.21. The van der Waals surface area contributed by atoms with Gasteiger partial charge in [-0.3, -0.25) is 4.90 Å². The van der Waals surface area contributed by atoms with Crippen molar-refractivity contribution in [1.29, 1.82) is 0 Å². The zero-order chi connectivity index (χ0) is 20.9. The number of rotatable bonds is 5. The Morgan fingerprint density at radius 1 is 1.24 bits per heavy atom. The van der Waals surface area contributed by atoms with Crippen LogP contribution in [0.25, 0.3) is 5.82 Å². The molecule has 29 heavy (non-hydrogen) atoms. The molecule has 0 bridgehead atoms. The first-order valence-electron chi connectivity index (χ1n) is 9.67. The Kier molecular flexibility index (Phi) is 6.73. The largest absolute Gasteiger partial charge is 0.403 e. The van der Waals surface area contributed by atoms with Gasteiger partial charge in [-0.2, -0.15) is 18.3 Å². The highest BCUT2D eigenvalue weighted by Crippen LogP contribution is 2.25. The smallest absolute Gasteiger partial charge is 0.357 e. The molecule has 1 aliphatic rings. The fourth-order valence-corrected chi connectivity index (χ4v) is 3.21. The van der Waals surface area contributed by atoms with Gasteiger partial charge in [0.2, 0.25) is 0 Å². The summed E-state index contributed by atoms with van der Waals surface area (Å²) < 4.78 is 40.5. The van der Waals surface area contributed by atoms with E-state index < -0.39 is 12.2 Å². The molecule has 1 aliphatic heterocycles. The SMILES string of the molecule is CCNC(=NCc1ccnc(-n2cccn2)c1)N1CCN(C(C)C(F)(F)F)CC1. The maximum atomic E-state index is 13.0. The van der Waals surface area contributed by atoms with E-state index in [1.54, 1.807) is 17.1 Å². The number of hydrogen-bond acceptors (Lipinski definition) is 4. The van der Waals surface area contributed by atoms with Crippen molar-refractivity contribution in [2.24, 2.45) is 4.99 Å². The van der Waals surface area contributed by atoms with Crippen molar-refractivity contribution in [3.8, 4) is 5.82 Å². The molecule has 1 saturated heterocycles. The van der Waals surface area contributed by atoms with Crippen LogP contribution >= 0.6 is 0 Å². The fraction of sp³-hybridized carbons (Fsp3) is 0.526. The van der Waals surface area contributed by atoms with Gasteiger partial charge in [0.25, 0.3) is 0 Å². The monoisotopic (exact) mass is 409 g/mol. The van der Waals surface area contributed by atoms with E-state index >= 15 is 0 Å². The number of alkyl halides is 3. The third kappa shape index (κ3) is 5.47. The maximum absolute atomic E-state index is 13.0. The molecule has 1 fully saturated rings. The highest BCUT2D eigenvalue weighted by Gasteiger charge is 2.41. The number of pyridine rings is 1. The lowest BCUT2D eigenvalue weighted by atomic mass is 10.2. The zero-order valence-corrected chi connectivity index (χ0v) is 16.6. The highest BCUT2D eigenvalue weighted by atomic mass is 19.4. The lowest BCUT2D eigenvalue weighted by Gasteiger charge is -2.39. The minimum Gasteiger partial charge on any atom is -0.357 e. The van der Waals surface area contributed by atoms with Crippen molar-refractivity contribution >= 4 is 5.96 Å². The van der Waals surface area contributed by atoms with E-state index in [0.717, 1.165) is 5.56 Å². The summed E-state index contributed by atoms with van der Waals surface area (Å²) in [7, 11) is 0. The molecule has 3 heterocycles. The molecule has 0 aliphatic carbocycles. The van der Waals surface area contributed by atoms with Crippen LogP contribution < -0.4 is 5.32 Å². The number of aliphatic imine (C=N–C) groups is 1. The topological polar surface area (TPSA) is 61.6 Å². The predicted molar refractivity (Wildman–Crippen MR) is 105 cm³/mol. The van der Waals surface area contributed by atoms with Crippen molar-refractivity contribution in [2.75, 3.05) is 32.7 Å². The molecule has 3 rings (SSSR count). The molecule has 0 amide bonds. The highest BCUT2D eigenvalue weighted by molar-refractivity contribution is 5.80. The molecule has 2 aromatic rings. The van der Waals surface area contributed by atoms with Crippen LogP contribution in [-0.4, -0.2) is 75.5 Å². The number of nitrogens with zero attached hydrogens (tertiary/aromatic N) is 6. The van der Waals surface area contributed by atoms with Gasteiger partial charge in [-0.05, 0) is 37.6 Å². The summed E-state index contributed by atoms with van der Waals surface area (Å²) in [6.07, 6.45) is 1.02. The van der Waals surface area contributed by atoms with E-state index in [-0.39, 0.29) is 0 Å². The summed E-state index contributed by atoms with van der Waals surface area (Å²) in [5, 5.41) is 7.42. The molecule has 10 heteroatoms. The van der Waals surface area contributed by atoms with Crippen LogP contribution in [0.15, 0.2) is 41.8 Å². The van der Waals surface area contributed by atoms with E-state index in [0.29, 0.717) is 51.0 Å². The van der Waals surface area contributed by atoms with Crippen molar-refractivity contribution in [3.05, 3.63) is 42.4 Å². The first-order chi connectivity index (χ1) is 13.9. The number of aromatic nitrogens is 3. The molecule has 0 spiro atoms. The molecular weight excluding hydrogens is 383 g/mol. The first-order valence-corrected chi connectivity index (χ1v) is 9.67. The molecule has 1 N–H and O–H groups in total. The number of piperazine rings is 1. The normalized spacial score (nSPS) is 17.4. The number of nitrogens with one attached hydrogen (secondary N) is 1. The summed E-state index contributed by atoms with van der Waals surface area (Å²) >= 11 is 0. The maximum Gasteiger partial charge on any atom is 0.403 e. The van der Waals surface area contributed by atoms with Crippen molar-refractivity contribution in [1.82, 2.24) is 29.9 Å². The first kappa shape index (κ1) is 21.1. The summed E-state index contributed by atoms with van der Waals surface area (Å²) in [5.74, 6) is 1.42. The van der Waals surface area contributed by atoms with Gasteiger partial charge in [-0.1, -0.05) is 0 Å². The van der Waals surface area contributed by atoms with Gasteiger partial charge >= 0.3 is 6.18 Å². The van der Waals surface area contributed by atoms with E-state index in [1.165, 1.54) is 11.8 Å². The number of halogens is 3. The lowest BCUT2D eigenvalue weighted by molar-refractivity contribution is -0.181. The van der Waals surface area contributed by atoms with Gasteiger partial charge in [-0.25, -0.2) is 14.7 Å². The molecular formula is C19H26F3N7. The Balaban J connectivity index is 1.65. The van der Waals surface area contributed by atoms with Crippen LogP contribution in [0.4, 0.5) is 13.2 Å². The number of hydrogen-bond donors (Lipinski definition) is 1. The van der Waals surface area contributed by atoms with Gasteiger partial charge in [0.05, 0.1) is 6.54 Å². The second-order valence-corrected chi connectivity index (χ2v) is 6.88. The molecule has 1 atom stereocenters. The third-order valence-corrected chi connectivity index (χ3v) is 4.93. The van der Waals surface area contributed by atoms with E-state index in [2.05, 4.69) is 20.4 Å². The van der Waals surface area contributed by atoms with Gasteiger partial charge in [0.15, 0.2) is 11.8 Å². The Morgan fingerprint density at radius 3 is 2.62 bits per heavy atom. The van der Waals surface area contributed by atoms with Crippen molar-refractivity contribution in [3.63, 3.8) is 0 Å². The summed E-state index contributed by atoms with van der Waals surface area (Å²) in [6, 6.07) is 4.21. The Hall–Kier alpha value is -2.62. The molecule has 2 aromatic heterocycles.